The van der Waals surface area contributed by atoms with Gasteiger partial charge in [-0.25, -0.2) is 0 Å². The van der Waals surface area contributed by atoms with Crippen LogP contribution in [-0.2, 0) is 0 Å². The molecule has 1 saturated heterocycles. The van der Waals surface area contributed by atoms with Crippen LogP contribution in [0, 0.1) is 11.3 Å². The van der Waals surface area contributed by atoms with Crippen molar-refractivity contribution in [2.75, 3.05) is 13.1 Å². The summed E-state index contributed by atoms with van der Waals surface area (Å²) in [5.41, 5.74) is 0.468. The fourth-order valence-electron chi connectivity index (χ4n) is 3.30. The normalized spacial score (nSPS) is 38.8. The lowest BCUT2D eigenvalue weighted by Gasteiger charge is -2.40. The van der Waals surface area contributed by atoms with Gasteiger partial charge in [0.1, 0.15) is 0 Å². The molecule has 0 aromatic carbocycles. The maximum atomic E-state index is 3.77. The van der Waals surface area contributed by atoms with Crippen LogP contribution in [0.4, 0.5) is 0 Å². The molecule has 0 amide bonds. The Labute approximate surface area is 101 Å². The lowest BCUT2D eigenvalue weighted by Crippen LogP contribution is -2.53. The Morgan fingerprint density at radius 1 is 1.31 bits per heavy atom. The fourth-order valence-corrected chi connectivity index (χ4v) is 3.30. The van der Waals surface area contributed by atoms with E-state index >= 15 is 0 Å². The molecular weight excluding hydrogens is 196 g/mol. The van der Waals surface area contributed by atoms with Gasteiger partial charge in [0.05, 0.1) is 0 Å². The van der Waals surface area contributed by atoms with Crippen molar-refractivity contribution in [3.63, 3.8) is 0 Å². The average molecular weight is 224 g/mol. The van der Waals surface area contributed by atoms with Crippen molar-refractivity contribution in [3.05, 3.63) is 0 Å². The van der Waals surface area contributed by atoms with Gasteiger partial charge in [-0.3, -0.25) is 0 Å². The average Bonchev–Trinajstić information content (AvgIpc) is 2.62. The van der Waals surface area contributed by atoms with E-state index in [2.05, 4.69) is 31.4 Å². The molecule has 0 spiro atoms. The maximum Gasteiger partial charge on any atom is 0.0243 e. The van der Waals surface area contributed by atoms with Gasteiger partial charge in [-0.05, 0) is 50.0 Å². The summed E-state index contributed by atoms with van der Waals surface area (Å²) >= 11 is 0. The van der Waals surface area contributed by atoms with Gasteiger partial charge in [-0.1, -0.05) is 20.8 Å². The summed E-state index contributed by atoms with van der Waals surface area (Å²) in [4.78, 5) is 0. The molecule has 2 heteroatoms. The van der Waals surface area contributed by atoms with Crippen LogP contribution < -0.4 is 10.6 Å². The lowest BCUT2D eigenvalue weighted by molar-refractivity contribution is 0.172. The highest BCUT2D eigenvalue weighted by Crippen LogP contribution is 2.30. The molecule has 2 aliphatic rings. The van der Waals surface area contributed by atoms with E-state index in [0.29, 0.717) is 11.5 Å². The summed E-state index contributed by atoms with van der Waals surface area (Å²) in [5.74, 6) is 0.935. The molecule has 1 heterocycles. The van der Waals surface area contributed by atoms with E-state index in [9.17, 15) is 0 Å². The maximum absolute atomic E-state index is 3.77. The zero-order valence-corrected chi connectivity index (χ0v) is 11.2. The van der Waals surface area contributed by atoms with Crippen LogP contribution in [-0.4, -0.2) is 25.2 Å². The Balaban J connectivity index is 1.76. The Hall–Kier alpha value is -0.0800. The molecule has 2 N–H and O–H groups in total. The van der Waals surface area contributed by atoms with E-state index in [-0.39, 0.29) is 0 Å². The van der Waals surface area contributed by atoms with Crippen LogP contribution in [0.2, 0.25) is 0 Å². The van der Waals surface area contributed by atoms with E-state index in [1.165, 1.54) is 38.6 Å². The molecule has 16 heavy (non-hydrogen) atoms. The number of nitrogens with one attached hydrogen (secondary N) is 2. The summed E-state index contributed by atoms with van der Waals surface area (Å²) in [6.45, 7) is 9.55. The lowest BCUT2D eigenvalue weighted by atomic mass is 9.77. The Kier molecular flexibility index (Phi) is 3.91. The van der Waals surface area contributed by atoms with Crippen LogP contribution in [0.15, 0.2) is 0 Å². The summed E-state index contributed by atoms with van der Waals surface area (Å²) in [5, 5.41) is 7.46. The van der Waals surface area contributed by atoms with Crippen LogP contribution in [0.25, 0.3) is 0 Å². The first-order chi connectivity index (χ1) is 7.58. The van der Waals surface area contributed by atoms with E-state index in [4.69, 9.17) is 0 Å². The van der Waals surface area contributed by atoms with Crippen LogP contribution in [0.1, 0.15) is 52.9 Å². The van der Waals surface area contributed by atoms with Gasteiger partial charge in [0, 0.05) is 18.6 Å². The van der Waals surface area contributed by atoms with Gasteiger partial charge in [0.15, 0.2) is 0 Å². The zero-order valence-electron chi connectivity index (χ0n) is 11.2. The molecular formula is C14H28N2. The molecule has 0 radical (unpaired) electrons. The van der Waals surface area contributed by atoms with Gasteiger partial charge >= 0.3 is 0 Å². The van der Waals surface area contributed by atoms with Gasteiger partial charge in [-0.15, -0.1) is 0 Å². The highest BCUT2D eigenvalue weighted by molar-refractivity contribution is 4.91. The minimum Gasteiger partial charge on any atom is -0.312 e. The topological polar surface area (TPSA) is 24.1 Å². The van der Waals surface area contributed by atoms with Crippen LogP contribution in [0.3, 0.4) is 0 Å². The Morgan fingerprint density at radius 3 is 2.75 bits per heavy atom. The summed E-state index contributed by atoms with van der Waals surface area (Å²) in [6.07, 6.45) is 6.89. The van der Waals surface area contributed by atoms with Gasteiger partial charge in [0.25, 0.3) is 0 Å². The van der Waals surface area contributed by atoms with Crippen molar-refractivity contribution in [2.24, 2.45) is 11.3 Å². The Bertz CT molecular complexity index is 225. The van der Waals surface area contributed by atoms with Crippen LogP contribution >= 0.6 is 0 Å². The van der Waals surface area contributed by atoms with Crippen molar-refractivity contribution in [3.8, 4) is 0 Å². The molecule has 1 aliphatic heterocycles. The first kappa shape index (κ1) is 12.4. The second-order valence-electron chi connectivity index (χ2n) is 6.62. The highest BCUT2D eigenvalue weighted by atomic mass is 15.0. The molecule has 3 atom stereocenters. The smallest absolute Gasteiger partial charge is 0.0243 e. The number of piperidine rings is 1. The second-order valence-corrected chi connectivity index (χ2v) is 6.62. The molecule has 0 aromatic heterocycles. The largest absolute Gasteiger partial charge is 0.312 e. The zero-order chi connectivity index (χ0) is 11.6. The van der Waals surface area contributed by atoms with Gasteiger partial charge in [-0.2, -0.15) is 0 Å². The van der Waals surface area contributed by atoms with Crippen molar-refractivity contribution >= 4 is 0 Å². The molecule has 0 bridgehead atoms. The SMILES string of the molecule is CC1CCC(NCC2NCCCC2(C)C)C1. The molecule has 2 fully saturated rings. The minimum atomic E-state index is 0.468. The van der Waals surface area contributed by atoms with Gasteiger partial charge in [0.2, 0.25) is 0 Å². The predicted molar refractivity (Wildman–Crippen MR) is 69.6 cm³/mol. The van der Waals surface area contributed by atoms with Gasteiger partial charge < -0.3 is 10.6 Å². The molecule has 1 aliphatic carbocycles. The predicted octanol–water partition coefficient (Wildman–Crippen LogP) is 2.54. The third-order valence-electron chi connectivity index (χ3n) is 4.64. The fraction of sp³-hybridized carbons (Fsp3) is 1.00. The molecule has 0 aromatic rings. The Morgan fingerprint density at radius 2 is 2.12 bits per heavy atom. The van der Waals surface area contributed by atoms with Crippen molar-refractivity contribution < 1.29 is 0 Å². The third kappa shape index (κ3) is 2.98. The van der Waals surface area contributed by atoms with E-state index in [1.54, 1.807) is 0 Å². The van der Waals surface area contributed by atoms with Crippen molar-refractivity contribution in [2.45, 2.75) is 65.0 Å². The number of hydrogen-bond donors (Lipinski definition) is 2. The van der Waals surface area contributed by atoms with E-state index in [0.717, 1.165) is 18.5 Å². The highest BCUT2D eigenvalue weighted by Gasteiger charge is 2.32. The van der Waals surface area contributed by atoms with Crippen molar-refractivity contribution in [1.82, 2.24) is 10.6 Å². The quantitative estimate of drug-likeness (QED) is 0.770. The summed E-state index contributed by atoms with van der Waals surface area (Å²) < 4.78 is 0. The van der Waals surface area contributed by atoms with E-state index < -0.39 is 0 Å². The standard InChI is InChI=1S/C14H28N2/c1-11-5-6-12(9-11)16-10-13-14(2,3)7-4-8-15-13/h11-13,15-16H,4-10H2,1-3H3. The molecule has 94 valence electrons. The first-order valence-electron chi connectivity index (χ1n) is 7.05. The summed E-state index contributed by atoms with van der Waals surface area (Å²) in [7, 11) is 0. The second kappa shape index (κ2) is 5.05. The third-order valence-corrected chi connectivity index (χ3v) is 4.64. The van der Waals surface area contributed by atoms with Crippen LogP contribution in [0.5, 0.6) is 0 Å². The molecule has 2 rings (SSSR count). The molecule has 3 unspecified atom stereocenters. The number of hydrogen-bond acceptors (Lipinski definition) is 2. The van der Waals surface area contributed by atoms with Crippen molar-refractivity contribution in [1.29, 1.82) is 0 Å². The first-order valence-corrected chi connectivity index (χ1v) is 7.05. The molecule has 1 saturated carbocycles. The monoisotopic (exact) mass is 224 g/mol. The minimum absolute atomic E-state index is 0.468. The molecule has 2 nitrogen and oxygen atoms in total. The summed E-state index contributed by atoms with van der Waals surface area (Å²) in [6, 6.07) is 1.45. The number of rotatable bonds is 3. The van der Waals surface area contributed by atoms with E-state index in [1.807, 2.05) is 0 Å².